The van der Waals surface area contributed by atoms with Crippen LogP contribution in [0, 0.1) is 5.92 Å². The summed E-state index contributed by atoms with van der Waals surface area (Å²) >= 11 is 0. The number of nitrogens with zero attached hydrogens (tertiary/aromatic N) is 3. The molecule has 0 aromatic carbocycles. The Kier molecular flexibility index (Phi) is 3.45. The minimum atomic E-state index is -0.148. The lowest BCUT2D eigenvalue weighted by atomic mass is 10.0. The first-order chi connectivity index (χ1) is 8.59. The number of aryl methyl sites for hydroxylation is 1. The van der Waals surface area contributed by atoms with Crippen LogP contribution >= 0.6 is 0 Å². The van der Waals surface area contributed by atoms with Crippen LogP contribution in [0.1, 0.15) is 36.1 Å². The molecule has 1 amide bonds. The van der Waals surface area contributed by atoms with E-state index in [9.17, 15) is 4.79 Å². The largest absolute Gasteiger partial charge is 0.342 e. The van der Waals surface area contributed by atoms with Crippen LogP contribution in [-0.2, 0) is 7.05 Å². The highest BCUT2D eigenvalue weighted by molar-refractivity contribution is 5.93. The van der Waals surface area contributed by atoms with Crippen LogP contribution in [0.25, 0.3) is 0 Å². The van der Waals surface area contributed by atoms with Crippen molar-refractivity contribution in [1.29, 1.82) is 0 Å². The van der Waals surface area contributed by atoms with Crippen molar-refractivity contribution in [1.82, 2.24) is 25.1 Å². The Hall–Kier alpha value is -2.11. The Morgan fingerprint density at radius 2 is 2.28 bits per heavy atom. The van der Waals surface area contributed by atoms with Gasteiger partial charge in [-0.1, -0.05) is 13.8 Å². The quantitative estimate of drug-likeness (QED) is 0.854. The maximum atomic E-state index is 12.0. The predicted octanol–water partition coefficient (Wildman–Crippen LogP) is 1.27. The first-order valence-corrected chi connectivity index (χ1v) is 5.86. The summed E-state index contributed by atoms with van der Waals surface area (Å²) in [5.41, 5.74) is 0.523. The number of hydrogen-bond acceptors (Lipinski definition) is 3. The summed E-state index contributed by atoms with van der Waals surface area (Å²) in [5.74, 6) is 0.953. The van der Waals surface area contributed by atoms with Gasteiger partial charge in [0.05, 0.1) is 17.8 Å². The lowest BCUT2D eigenvalue weighted by molar-refractivity contribution is 0.0922. The number of carbonyl (C=O) groups excluding carboxylic acids is 1. The van der Waals surface area contributed by atoms with Crippen LogP contribution in [0.3, 0.4) is 0 Å². The zero-order valence-electron chi connectivity index (χ0n) is 10.7. The van der Waals surface area contributed by atoms with Crippen LogP contribution in [-0.4, -0.2) is 25.7 Å². The molecule has 2 aromatic rings. The number of nitrogens with one attached hydrogen (secondary N) is 2. The fraction of sp³-hybridized carbons (Fsp3) is 0.417. The second-order valence-corrected chi connectivity index (χ2v) is 4.58. The van der Waals surface area contributed by atoms with E-state index in [2.05, 4.69) is 34.3 Å². The highest BCUT2D eigenvalue weighted by atomic mass is 16.1. The normalized spacial score (nSPS) is 12.7. The van der Waals surface area contributed by atoms with Gasteiger partial charge in [-0.2, -0.15) is 5.10 Å². The topological polar surface area (TPSA) is 75.6 Å². The number of aromatic amines is 1. The Bertz CT molecular complexity index is 514. The second kappa shape index (κ2) is 5.03. The smallest absolute Gasteiger partial charge is 0.255 e. The molecule has 1 atom stereocenters. The van der Waals surface area contributed by atoms with Crippen molar-refractivity contribution < 1.29 is 4.79 Å². The Labute approximate surface area is 105 Å². The molecule has 0 fully saturated rings. The van der Waals surface area contributed by atoms with E-state index in [0.29, 0.717) is 5.56 Å². The molecule has 2 aromatic heterocycles. The van der Waals surface area contributed by atoms with Crippen molar-refractivity contribution in [3.8, 4) is 0 Å². The fourth-order valence-corrected chi connectivity index (χ4v) is 1.81. The Morgan fingerprint density at radius 1 is 1.50 bits per heavy atom. The molecule has 2 rings (SSSR count). The van der Waals surface area contributed by atoms with Crippen LogP contribution in [0.4, 0.5) is 0 Å². The number of aromatic nitrogens is 4. The Balaban J connectivity index is 2.18. The summed E-state index contributed by atoms with van der Waals surface area (Å²) in [5, 5.41) is 9.38. The summed E-state index contributed by atoms with van der Waals surface area (Å²) in [6, 6.07) is -0.118. The molecule has 0 saturated carbocycles. The number of amides is 1. The summed E-state index contributed by atoms with van der Waals surface area (Å²) in [6.07, 6.45) is 6.68. The third-order valence-electron chi connectivity index (χ3n) is 2.85. The van der Waals surface area contributed by atoms with Crippen molar-refractivity contribution >= 4 is 5.91 Å². The van der Waals surface area contributed by atoms with Crippen molar-refractivity contribution in [3.63, 3.8) is 0 Å². The molecular formula is C12H17N5O. The summed E-state index contributed by atoms with van der Waals surface area (Å²) in [4.78, 5) is 16.3. The summed E-state index contributed by atoms with van der Waals surface area (Å²) < 4.78 is 1.92. The van der Waals surface area contributed by atoms with Gasteiger partial charge in [0.25, 0.3) is 5.91 Å². The highest BCUT2D eigenvalue weighted by Crippen LogP contribution is 2.20. The number of hydrogen-bond donors (Lipinski definition) is 2. The van der Waals surface area contributed by atoms with Crippen LogP contribution in [0.2, 0.25) is 0 Å². The zero-order chi connectivity index (χ0) is 13.1. The summed E-state index contributed by atoms with van der Waals surface area (Å²) in [6.45, 7) is 4.10. The molecule has 2 N–H and O–H groups in total. The predicted molar refractivity (Wildman–Crippen MR) is 66.8 cm³/mol. The number of H-pyrrole nitrogens is 1. The Morgan fingerprint density at radius 3 is 2.78 bits per heavy atom. The molecule has 2 heterocycles. The van der Waals surface area contributed by atoms with Gasteiger partial charge in [0.2, 0.25) is 0 Å². The van der Waals surface area contributed by atoms with Gasteiger partial charge < -0.3 is 9.88 Å². The van der Waals surface area contributed by atoms with E-state index in [4.69, 9.17) is 0 Å². The van der Waals surface area contributed by atoms with E-state index in [-0.39, 0.29) is 17.9 Å². The third kappa shape index (κ3) is 2.42. The van der Waals surface area contributed by atoms with Gasteiger partial charge in [0.15, 0.2) is 0 Å². The maximum absolute atomic E-state index is 12.0. The fourth-order valence-electron chi connectivity index (χ4n) is 1.81. The van der Waals surface area contributed by atoms with Crippen molar-refractivity contribution in [2.75, 3.05) is 0 Å². The van der Waals surface area contributed by atoms with Crippen LogP contribution < -0.4 is 5.32 Å². The molecule has 0 spiro atoms. The standard InChI is InChI=1S/C12H17N5O/c1-8(2)10(11-13-4-5-17(11)3)16-12(18)9-6-14-15-7-9/h4-8,10H,1-3H3,(H,14,15)(H,16,18)/t10-/m0/s1. The van der Waals surface area contributed by atoms with Crippen molar-refractivity contribution in [2.45, 2.75) is 19.9 Å². The average Bonchev–Trinajstić information content (AvgIpc) is 2.96. The zero-order valence-corrected chi connectivity index (χ0v) is 10.7. The average molecular weight is 247 g/mol. The molecule has 0 unspecified atom stereocenters. The molecule has 0 bridgehead atoms. The van der Waals surface area contributed by atoms with Crippen molar-refractivity contribution in [3.05, 3.63) is 36.2 Å². The van der Waals surface area contributed by atoms with Gasteiger partial charge in [0.1, 0.15) is 5.82 Å². The molecule has 96 valence electrons. The van der Waals surface area contributed by atoms with E-state index in [1.54, 1.807) is 12.4 Å². The second-order valence-electron chi connectivity index (χ2n) is 4.58. The minimum Gasteiger partial charge on any atom is -0.342 e. The summed E-state index contributed by atoms with van der Waals surface area (Å²) in [7, 11) is 1.92. The van der Waals surface area contributed by atoms with E-state index < -0.39 is 0 Å². The van der Waals surface area contributed by atoms with Gasteiger partial charge in [-0.3, -0.25) is 9.89 Å². The van der Waals surface area contributed by atoms with Crippen LogP contribution in [0.15, 0.2) is 24.8 Å². The molecule has 0 saturated heterocycles. The molecule has 18 heavy (non-hydrogen) atoms. The van der Waals surface area contributed by atoms with Gasteiger partial charge in [-0.15, -0.1) is 0 Å². The third-order valence-corrected chi connectivity index (χ3v) is 2.85. The van der Waals surface area contributed by atoms with Gasteiger partial charge in [0, 0.05) is 25.6 Å². The lowest BCUT2D eigenvalue weighted by Crippen LogP contribution is -2.33. The first kappa shape index (κ1) is 12.3. The molecule has 6 heteroatoms. The molecule has 0 aliphatic carbocycles. The SMILES string of the molecule is CC(C)[C@H](NC(=O)c1cn[nH]c1)c1nccn1C. The van der Waals surface area contributed by atoms with Gasteiger partial charge >= 0.3 is 0 Å². The van der Waals surface area contributed by atoms with E-state index in [1.807, 2.05) is 17.8 Å². The van der Waals surface area contributed by atoms with E-state index >= 15 is 0 Å². The molecule has 0 aliphatic rings. The van der Waals surface area contributed by atoms with Crippen molar-refractivity contribution in [2.24, 2.45) is 13.0 Å². The molecule has 0 aliphatic heterocycles. The first-order valence-electron chi connectivity index (χ1n) is 5.86. The van der Waals surface area contributed by atoms with E-state index in [1.165, 1.54) is 6.20 Å². The molecular weight excluding hydrogens is 230 g/mol. The number of imidazole rings is 1. The highest BCUT2D eigenvalue weighted by Gasteiger charge is 2.22. The monoisotopic (exact) mass is 247 g/mol. The van der Waals surface area contributed by atoms with Crippen LogP contribution in [0.5, 0.6) is 0 Å². The molecule has 6 nitrogen and oxygen atoms in total. The van der Waals surface area contributed by atoms with Gasteiger partial charge in [-0.05, 0) is 5.92 Å². The van der Waals surface area contributed by atoms with E-state index in [0.717, 1.165) is 5.82 Å². The molecule has 0 radical (unpaired) electrons. The minimum absolute atomic E-state index is 0.118. The lowest BCUT2D eigenvalue weighted by Gasteiger charge is -2.21. The maximum Gasteiger partial charge on any atom is 0.255 e. The van der Waals surface area contributed by atoms with Gasteiger partial charge in [-0.25, -0.2) is 4.98 Å². The number of carbonyl (C=O) groups is 1. The number of rotatable bonds is 4.